The first-order valence-electron chi connectivity index (χ1n) is 6.00. The van der Waals surface area contributed by atoms with Crippen LogP contribution < -0.4 is 5.32 Å². The van der Waals surface area contributed by atoms with Gasteiger partial charge in [-0.2, -0.15) is 15.4 Å². The van der Waals surface area contributed by atoms with E-state index < -0.39 is 0 Å². The van der Waals surface area contributed by atoms with Crippen molar-refractivity contribution in [2.75, 3.05) is 5.32 Å². The van der Waals surface area contributed by atoms with Gasteiger partial charge in [-0.1, -0.05) is 18.2 Å². The standard InChI is InChI=1S/C14H11N5O/c20-14(13-9-16-19-18-13)17-12-5-3-10(4-6-12)11-2-1-7-15-8-11/h1-9H,(H,17,20)(H,16,18,19). The monoisotopic (exact) mass is 265 g/mol. The molecule has 2 aromatic heterocycles. The molecule has 1 amide bonds. The first kappa shape index (κ1) is 12.0. The number of aromatic nitrogens is 4. The van der Waals surface area contributed by atoms with Gasteiger partial charge in [0.05, 0.1) is 6.20 Å². The Hall–Kier alpha value is -3.02. The van der Waals surface area contributed by atoms with Crippen molar-refractivity contribution < 1.29 is 4.79 Å². The Bertz CT molecular complexity index is 692. The molecule has 0 aliphatic rings. The van der Waals surface area contributed by atoms with Gasteiger partial charge in [-0.25, -0.2) is 0 Å². The molecule has 0 aliphatic heterocycles. The van der Waals surface area contributed by atoms with E-state index in [0.717, 1.165) is 11.1 Å². The molecule has 2 N–H and O–H groups in total. The minimum Gasteiger partial charge on any atom is -0.321 e. The highest BCUT2D eigenvalue weighted by molar-refractivity contribution is 6.02. The molecule has 0 unspecified atom stereocenters. The number of H-pyrrole nitrogens is 1. The Balaban J connectivity index is 1.75. The summed E-state index contributed by atoms with van der Waals surface area (Å²) in [7, 11) is 0. The number of carbonyl (C=O) groups is 1. The Labute approximate surface area is 114 Å². The van der Waals surface area contributed by atoms with Crippen molar-refractivity contribution in [1.29, 1.82) is 0 Å². The number of nitrogens with zero attached hydrogens (tertiary/aromatic N) is 3. The molecule has 0 bridgehead atoms. The number of rotatable bonds is 3. The van der Waals surface area contributed by atoms with E-state index in [1.54, 1.807) is 12.4 Å². The third-order valence-electron chi connectivity index (χ3n) is 2.79. The van der Waals surface area contributed by atoms with E-state index in [1.165, 1.54) is 6.20 Å². The van der Waals surface area contributed by atoms with Crippen LogP contribution >= 0.6 is 0 Å². The zero-order chi connectivity index (χ0) is 13.8. The number of aromatic amines is 1. The molecule has 0 aliphatic carbocycles. The van der Waals surface area contributed by atoms with Crippen molar-refractivity contribution in [2.45, 2.75) is 0 Å². The third kappa shape index (κ3) is 2.54. The molecule has 3 aromatic rings. The maximum absolute atomic E-state index is 11.8. The van der Waals surface area contributed by atoms with Gasteiger partial charge in [0.15, 0.2) is 5.69 Å². The minimum absolute atomic E-state index is 0.251. The van der Waals surface area contributed by atoms with Gasteiger partial charge in [-0.3, -0.25) is 9.78 Å². The van der Waals surface area contributed by atoms with Crippen LogP contribution in [-0.4, -0.2) is 26.3 Å². The van der Waals surface area contributed by atoms with Crippen molar-refractivity contribution in [3.8, 4) is 11.1 Å². The van der Waals surface area contributed by atoms with Crippen LogP contribution in [0.4, 0.5) is 5.69 Å². The normalized spacial score (nSPS) is 10.2. The predicted octanol–water partition coefficient (Wildman–Crippen LogP) is 2.12. The topological polar surface area (TPSA) is 83.6 Å². The largest absolute Gasteiger partial charge is 0.321 e. The van der Waals surface area contributed by atoms with Crippen molar-refractivity contribution in [3.63, 3.8) is 0 Å². The summed E-state index contributed by atoms with van der Waals surface area (Å²) >= 11 is 0. The Morgan fingerprint density at radius 1 is 1.05 bits per heavy atom. The van der Waals surface area contributed by atoms with Crippen LogP contribution in [0.25, 0.3) is 11.1 Å². The van der Waals surface area contributed by atoms with E-state index in [-0.39, 0.29) is 11.6 Å². The van der Waals surface area contributed by atoms with Crippen molar-refractivity contribution in [1.82, 2.24) is 20.4 Å². The fraction of sp³-hybridized carbons (Fsp3) is 0. The average Bonchev–Trinajstić information content (AvgIpc) is 3.03. The molecule has 0 radical (unpaired) electrons. The van der Waals surface area contributed by atoms with Gasteiger partial charge in [0, 0.05) is 18.1 Å². The summed E-state index contributed by atoms with van der Waals surface area (Å²) in [4.78, 5) is 15.9. The number of pyridine rings is 1. The van der Waals surface area contributed by atoms with Crippen LogP contribution in [0.3, 0.4) is 0 Å². The number of benzene rings is 1. The highest BCUT2D eigenvalue weighted by atomic mass is 16.2. The lowest BCUT2D eigenvalue weighted by molar-refractivity contribution is 0.102. The molecule has 98 valence electrons. The first-order chi connectivity index (χ1) is 9.83. The van der Waals surface area contributed by atoms with E-state index >= 15 is 0 Å². The fourth-order valence-corrected chi connectivity index (χ4v) is 1.79. The third-order valence-corrected chi connectivity index (χ3v) is 2.79. The number of hydrogen-bond acceptors (Lipinski definition) is 4. The van der Waals surface area contributed by atoms with Crippen LogP contribution in [0, 0.1) is 0 Å². The second kappa shape index (κ2) is 5.31. The second-order valence-corrected chi connectivity index (χ2v) is 4.13. The fourth-order valence-electron chi connectivity index (χ4n) is 1.79. The molecule has 6 nitrogen and oxygen atoms in total. The summed E-state index contributed by atoms with van der Waals surface area (Å²) in [6, 6.07) is 11.4. The van der Waals surface area contributed by atoms with Crippen molar-refractivity contribution in [3.05, 3.63) is 60.7 Å². The SMILES string of the molecule is O=C(Nc1ccc(-c2cccnc2)cc1)c1cn[nH]n1. The summed E-state index contributed by atoms with van der Waals surface area (Å²) in [6.07, 6.45) is 4.90. The quantitative estimate of drug-likeness (QED) is 0.759. The molecular formula is C14H11N5O. The van der Waals surface area contributed by atoms with Gasteiger partial charge < -0.3 is 5.32 Å². The first-order valence-corrected chi connectivity index (χ1v) is 6.00. The average molecular weight is 265 g/mol. The lowest BCUT2D eigenvalue weighted by Gasteiger charge is -2.05. The molecule has 1 aromatic carbocycles. The van der Waals surface area contributed by atoms with Crippen molar-refractivity contribution in [2.24, 2.45) is 0 Å². The van der Waals surface area contributed by atoms with Gasteiger partial charge in [-0.15, -0.1) is 0 Å². The maximum Gasteiger partial charge on any atom is 0.277 e. The smallest absolute Gasteiger partial charge is 0.277 e. The van der Waals surface area contributed by atoms with E-state index in [0.29, 0.717) is 5.69 Å². The molecule has 0 atom stereocenters. The lowest BCUT2D eigenvalue weighted by Crippen LogP contribution is -2.12. The number of anilines is 1. The molecule has 6 heteroatoms. The Morgan fingerprint density at radius 2 is 1.90 bits per heavy atom. The van der Waals surface area contributed by atoms with E-state index in [9.17, 15) is 4.79 Å². The van der Waals surface area contributed by atoms with E-state index in [4.69, 9.17) is 0 Å². The van der Waals surface area contributed by atoms with Crippen LogP contribution in [0.2, 0.25) is 0 Å². The van der Waals surface area contributed by atoms with Crippen LogP contribution in [-0.2, 0) is 0 Å². The summed E-state index contributed by atoms with van der Waals surface area (Å²) in [5.74, 6) is -0.298. The summed E-state index contributed by atoms with van der Waals surface area (Å²) in [6.45, 7) is 0. The Morgan fingerprint density at radius 3 is 2.55 bits per heavy atom. The zero-order valence-corrected chi connectivity index (χ0v) is 10.4. The van der Waals surface area contributed by atoms with Gasteiger partial charge in [0.2, 0.25) is 0 Å². The highest BCUT2D eigenvalue weighted by Gasteiger charge is 2.08. The number of amides is 1. The van der Waals surface area contributed by atoms with E-state index in [1.807, 2.05) is 36.4 Å². The summed E-state index contributed by atoms with van der Waals surface area (Å²) in [5, 5.41) is 12.5. The van der Waals surface area contributed by atoms with E-state index in [2.05, 4.69) is 25.7 Å². The predicted molar refractivity (Wildman–Crippen MR) is 74.0 cm³/mol. The second-order valence-electron chi connectivity index (χ2n) is 4.13. The highest BCUT2D eigenvalue weighted by Crippen LogP contribution is 2.20. The van der Waals surface area contributed by atoms with Gasteiger partial charge in [0.25, 0.3) is 5.91 Å². The molecule has 0 fully saturated rings. The molecule has 3 rings (SSSR count). The summed E-state index contributed by atoms with van der Waals surface area (Å²) < 4.78 is 0. The van der Waals surface area contributed by atoms with Crippen LogP contribution in [0.1, 0.15) is 10.5 Å². The van der Waals surface area contributed by atoms with Crippen LogP contribution in [0.15, 0.2) is 55.0 Å². The van der Waals surface area contributed by atoms with Crippen LogP contribution in [0.5, 0.6) is 0 Å². The lowest BCUT2D eigenvalue weighted by atomic mass is 10.1. The number of nitrogens with one attached hydrogen (secondary N) is 2. The molecule has 0 saturated heterocycles. The molecule has 0 spiro atoms. The summed E-state index contributed by atoms with van der Waals surface area (Å²) in [5.41, 5.74) is 3.02. The number of carbonyl (C=O) groups excluding carboxylic acids is 1. The van der Waals surface area contributed by atoms with Gasteiger partial charge >= 0.3 is 0 Å². The van der Waals surface area contributed by atoms with Gasteiger partial charge in [-0.05, 0) is 29.3 Å². The molecule has 20 heavy (non-hydrogen) atoms. The maximum atomic E-state index is 11.8. The minimum atomic E-state index is -0.298. The molecule has 0 saturated carbocycles. The van der Waals surface area contributed by atoms with Crippen molar-refractivity contribution >= 4 is 11.6 Å². The molecule has 2 heterocycles. The number of hydrogen-bond donors (Lipinski definition) is 2. The Kier molecular flexibility index (Phi) is 3.20. The zero-order valence-electron chi connectivity index (χ0n) is 10.4. The van der Waals surface area contributed by atoms with Gasteiger partial charge in [0.1, 0.15) is 0 Å². The molecular weight excluding hydrogens is 254 g/mol.